The quantitative estimate of drug-likeness (QED) is 0.569. The van der Waals surface area contributed by atoms with Crippen LogP contribution in [0, 0.1) is 0 Å². The molecule has 0 aliphatic heterocycles. The summed E-state index contributed by atoms with van der Waals surface area (Å²) < 4.78 is 0. The Balaban J connectivity index is 0. The smallest absolute Gasteiger partial charge is 0.0431 e. The highest BCUT2D eigenvalue weighted by atomic mass is 16.3. The second-order valence-corrected chi connectivity index (χ2v) is 1.86. The van der Waals surface area contributed by atoms with Crippen LogP contribution >= 0.6 is 0 Å². The van der Waals surface area contributed by atoms with E-state index in [2.05, 4.69) is 13.8 Å². The van der Waals surface area contributed by atoms with Crippen molar-refractivity contribution in [1.82, 2.24) is 0 Å². The Hall–Kier alpha value is -0.0800. The third-order valence-corrected chi connectivity index (χ3v) is 0.566. The molecule has 0 spiro atoms. The minimum Gasteiger partial charge on any atom is -0.396 e. The van der Waals surface area contributed by atoms with Crippen LogP contribution in [-0.2, 0) is 0 Å². The Labute approximate surface area is 57.5 Å². The molecule has 0 aromatic carbocycles. The van der Waals surface area contributed by atoms with Crippen molar-refractivity contribution in [3.8, 4) is 0 Å². The zero-order chi connectivity index (χ0) is 7.54. The van der Waals surface area contributed by atoms with E-state index in [9.17, 15) is 0 Å². The Bertz CT molecular complexity index is 26.1. The Kier molecular flexibility index (Phi) is 20.3. The molecular weight excluding hydrogens is 116 g/mol. The summed E-state index contributed by atoms with van der Waals surface area (Å²) in [6.45, 7) is 4.64. The van der Waals surface area contributed by atoms with Gasteiger partial charge in [-0.2, -0.15) is 0 Å². The van der Waals surface area contributed by atoms with E-state index in [4.69, 9.17) is 10.2 Å². The summed E-state index contributed by atoms with van der Waals surface area (Å²) in [6.07, 6.45) is 2.69. The third-order valence-electron chi connectivity index (χ3n) is 0.566. The lowest BCUT2D eigenvalue weighted by molar-refractivity contribution is 0.242. The number of unbranched alkanes of at least 4 members (excludes halogenated alkanes) is 1. The molecule has 0 heterocycles. The van der Waals surface area contributed by atoms with Gasteiger partial charge in [0.1, 0.15) is 0 Å². The summed E-state index contributed by atoms with van der Waals surface area (Å²) in [6, 6.07) is 0. The van der Waals surface area contributed by atoms with Crippen molar-refractivity contribution in [1.29, 1.82) is 0 Å². The van der Waals surface area contributed by atoms with Crippen molar-refractivity contribution in [2.24, 2.45) is 0 Å². The van der Waals surface area contributed by atoms with Gasteiger partial charge in [0.05, 0.1) is 0 Å². The van der Waals surface area contributed by atoms with Gasteiger partial charge in [-0.1, -0.05) is 20.3 Å². The molecule has 0 aromatic heterocycles. The van der Waals surface area contributed by atoms with E-state index < -0.39 is 0 Å². The minimum atomic E-state index is 0.195. The number of aliphatic hydroxyl groups excluding tert-OH is 2. The fourth-order valence-corrected chi connectivity index (χ4v) is 0.224. The van der Waals surface area contributed by atoms with Crippen LogP contribution in [0.4, 0.5) is 0 Å². The second kappa shape index (κ2) is 15.7. The third kappa shape index (κ3) is 32.6. The van der Waals surface area contributed by atoms with Gasteiger partial charge < -0.3 is 10.2 Å². The predicted molar refractivity (Wildman–Crippen MR) is 39.4 cm³/mol. The van der Waals surface area contributed by atoms with Gasteiger partial charge >= 0.3 is 0 Å². The van der Waals surface area contributed by atoms with Crippen LogP contribution in [0.3, 0.4) is 0 Å². The summed E-state index contributed by atoms with van der Waals surface area (Å²) in [4.78, 5) is 0. The zero-order valence-electron chi connectivity index (χ0n) is 6.43. The first-order valence-electron chi connectivity index (χ1n) is 3.55. The van der Waals surface area contributed by atoms with E-state index in [-0.39, 0.29) is 13.2 Å². The second-order valence-electron chi connectivity index (χ2n) is 1.86. The molecule has 0 aliphatic rings. The molecule has 0 bridgehead atoms. The number of hydrogen-bond acceptors (Lipinski definition) is 2. The molecule has 2 N–H and O–H groups in total. The first-order chi connectivity index (χ1) is 4.33. The number of rotatable bonds is 3. The first kappa shape index (κ1) is 11.7. The Morgan fingerprint density at radius 2 is 1.11 bits per heavy atom. The van der Waals surface area contributed by atoms with E-state index in [0.717, 1.165) is 12.8 Å². The molecule has 0 saturated carbocycles. The average molecular weight is 134 g/mol. The first-order valence-corrected chi connectivity index (χ1v) is 3.55. The van der Waals surface area contributed by atoms with Gasteiger partial charge in [0.15, 0.2) is 0 Å². The van der Waals surface area contributed by atoms with Crippen LogP contribution in [-0.4, -0.2) is 23.4 Å². The minimum absolute atomic E-state index is 0.195. The molecule has 0 unspecified atom stereocenters. The molecule has 0 atom stereocenters. The lowest BCUT2D eigenvalue weighted by Gasteiger charge is -1.85. The van der Waals surface area contributed by atoms with Gasteiger partial charge in [0, 0.05) is 13.2 Å². The van der Waals surface area contributed by atoms with Crippen molar-refractivity contribution in [3.05, 3.63) is 0 Å². The van der Waals surface area contributed by atoms with Crippen LogP contribution < -0.4 is 0 Å². The molecule has 0 amide bonds. The zero-order valence-corrected chi connectivity index (χ0v) is 6.43. The van der Waals surface area contributed by atoms with Crippen LogP contribution in [0.15, 0.2) is 0 Å². The van der Waals surface area contributed by atoms with Crippen LogP contribution in [0.2, 0.25) is 0 Å². The van der Waals surface area contributed by atoms with Crippen LogP contribution in [0.1, 0.15) is 33.1 Å². The summed E-state index contributed by atoms with van der Waals surface area (Å²) in [5, 5.41) is 16.2. The molecule has 0 fully saturated rings. The van der Waals surface area contributed by atoms with Gasteiger partial charge in [-0.25, -0.2) is 0 Å². The maximum Gasteiger partial charge on any atom is 0.0431 e. The molecular formula is C7H18O2. The van der Waals surface area contributed by atoms with Gasteiger partial charge in [-0.15, -0.1) is 0 Å². The summed E-state index contributed by atoms with van der Waals surface area (Å²) >= 11 is 0. The summed E-state index contributed by atoms with van der Waals surface area (Å²) in [5.74, 6) is 0. The van der Waals surface area contributed by atoms with Gasteiger partial charge in [0.2, 0.25) is 0 Å². The summed E-state index contributed by atoms with van der Waals surface area (Å²) in [5.41, 5.74) is 0. The highest BCUT2D eigenvalue weighted by Gasteiger charge is 1.77. The van der Waals surface area contributed by atoms with E-state index in [1.807, 2.05) is 0 Å². The number of aliphatic hydroxyl groups is 2. The monoisotopic (exact) mass is 134 g/mol. The molecule has 0 radical (unpaired) electrons. The average Bonchev–Trinajstić information content (AvgIpc) is 1.86. The van der Waals surface area contributed by atoms with Crippen molar-refractivity contribution in [2.45, 2.75) is 33.1 Å². The standard InChI is InChI=1S/C4H10O2.C3H8/c5-3-1-2-4-6;1-3-2/h5-6H,1-4H2;3H2,1-2H3. The Morgan fingerprint density at radius 3 is 1.22 bits per heavy atom. The highest BCUT2D eigenvalue weighted by molar-refractivity contribution is 4.30. The molecule has 58 valence electrons. The number of hydrogen-bond donors (Lipinski definition) is 2. The van der Waals surface area contributed by atoms with E-state index in [1.54, 1.807) is 0 Å². The molecule has 0 aliphatic carbocycles. The largest absolute Gasteiger partial charge is 0.396 e. The normalized spacial score (nSPS) is 8.00. The molecule has 2 nitrogen and oxygen atoms in total. The van der Waals surface area contributed by atoms with Gasteiger partial charge in [0.25, 0.3) is 0 Å². The van der Waals surface area contributed by atoms with Crippen molar-refractivity contribution in [3.63, 3.8) is 0 Å². The maximum atomic E-state index is 8.09. The van der Waals surface area contributed by atoms with Gasteiger partial charge in [-0.3, -0.25) is 0 Å². The fourth-order valence-electron chi connectivity index (χ4n) is 0.224. The predicted octanol–water partition coefficient (Wildman–Crippen LogP) is 1.17. The molecule has 0 saturated heterocycles. The molecule has 0 rings (SSSR count). The molecule has 2 heteroatoms. The van der Waals surface area contributed by atoms with Crippen molar-refractivity contribution >= 4 is 0 Å². The van der Waals surface area contributed by atoms with Gasteiger partial charge in [-0.05, 0) is 12.8 Å². The van der Waals surface area contributed by atoms with E-state index in [1.165, 1.54) is 6.42 Å². The van der Waals surface area contributed by atoms with Crippen molar-refractivity contribution in [2.75, 3.05) is 13.2 Å². The Morgan fingerprint density at radius 1 is 0.889 bits per heavy atom. The summed E-state index contributed by atoms with van der Waals surface area (Å²) in [7, 11) is 0. The molecule has 0 aromatic rings. The van der Waals surface area contributed by atoms with Crippen molar-refractivity contribution < 1.29 is 10.2 Å². The van der Waals surface area contributed by atoms with Crippen LogP contribution in [0.5, 0.6) is 0 Å². The topological polar surface area (TPSA) is 40.5 Å². The SMILES string of the molecule is CCC.OCCCCO. The lowest BCUT2D eigenvalue weighted by atomic mass is 10.3. The fraction of sp³-hybridized carbons (Fsp3) is 1.00. The maximum absolute atomic E-state index is 8.09. The lowest BCUT2D eigenvalue weighted by Crippen LogP contribution is -1.85. The van der Waals surface area contributed by atoms with E-state index in [0.29, 0.717) is 0 Å². The van der Waals surface area contributed by atoms with E-state index >= 15 is 0 Å². The van der Waals surface area contributed by atoms with Crippen LogP contribution in [0.25, 0.3) is 0 Å². The highest BCUT2D eigenvalue weighted by Crippen LogP contribution is 1.80. The molecule has 9 heavy (non-hydrogen) atoms.